The summed E-state index contributed by atoms with van der Waals surface area (Å²) >= 11 is 0. The van der Waals surface area contributed by atoms with Crippen molar-refractivity contribution >= 4 is 17.8 Å². The van der Waals surface area contributed by atoms with Crippen LogP contribution in [0.1, 0.15) is 16.7 Å². The van der Waals surface area contributed by atoms with Crippen LogP contribution < -0.4 is 19.5 Å². The van der Waals surface area contributed by atoms with E-state index in [1.807, 2.05) is 31.2 Å². The first kappa shape index (κ1) is 17.5. The van der Waals surface area contributed by atoms with E-state index in [4.69, 9.17) is 14.2 Å². The van der Waals surface area contributed by atoms with Gasteiger partial charge in [-0.15, -0.1) is 0 Å². The molecular formula is C20H20N2O4. The highest BCUT2D eigenvalue weighted by molar-refractivity contribution is 6.20. The second-order valence-corrected chi connectivity index (χ2v) is 5.76. The first-order chi connectivity index (χ1) is 12.5. The van der Waals surface area contributed by atoms with Gasteiger partial charge in [-0.25, -0.2) is 4.99 Å². The fourth-order valence-electron chi connectivity index (χ4n) is 2.70. The van der Waals surface area contributed by atoms with E-state index in [-0.39, 0.29) is 5.91 Å². The maximum atomic E-state index is 12.3. The number of aliphatic imine (C=N–C) groups is 1. The number of rotatable bonds is 5. The summed E-state index contributed by atoms with van der Waals surface area (Å²) in [5.41, 5.74) is 2.92. The number of benzene rings is 2. The van der Waals surface area contributed by atoms with Gasteiger partial charge in [-0.2, -0.15) is 0 Å². The predicted molar refractivity (Wildman–Crippen MR) is 99.9 cm³/mol. The van der Waals surface area contributed by atoms with Gasteiger partial charge in [-0.3, -0.25) is 4.79 Å². The van der Waals surface area contributed by atoms with Gasteiger partial charge in [0.2, 0.25) is 0 Å². The monoisotopic (exact) mass is 352 g/mol. The van der Waals surface area contributed by atoms with E-state index in [0.29, 0.717) is 28.8 Å². The van der Waals surface area contributed by atoms with Crippen molar-refractivity contribution in [3.63, 3.8) is 0 Å². The topological polar surface area (TPSA) is 69.2 Å². The van der Waals surface area contributed by atoms with E-state index in [9.17, 15) is 4.79 Å². The van der Waals surface area contributed by atoms with Crippen LogP contribution in [0.2, 0.25) is 0 Å². The van der Waals surface area contributed by atoms with Crippen molar-refractivity contribution in [1.82, 2.24) is 5.32 Å². The summed E-state index contributed by atoms with van der Waals surface area (Å²) in [5.74, 6) is 2.07. The molecule has 134 valence electrons. The summed E-state index contributed by atoms with van der Waals surface area (Å²) in [6, 6.07) is 11.1. The lowest BCUT2D eigenvalue weighted by atomic mass is 10.1. The Hall–Kier alpha value is -3.28. The number of methoxy groups -OCH3 is 3. The van der Waals surface area contributed by atoms with Crippen LogP contribution in [0.5, 0.6) is 17.2 Å². The van der Waals surface area contributed by atoms with Gasteiger partial charge in [-0.1, -0.05) is 11.6 Å². The molecule has 6 heteroatoms. The summed E-state index contributed by atoms with van der Waals surface area (Å²) in [5, 5.41) is 2.79. The van der Waals surface area contributed by atoms with E-state index in [2.05, 4.69) is 10.3 Å². The lowest BCUT2D eigenvalue weighted by molar-refractivity contribution is -0.115. The fourth-order valence-corrected chi connectivity index (χ4v) is 2.70. The molecule has 0 saturated heterocycles. The number of carbonyl (C=O) groups excluding carboxylic acids is 1. The second kappa shape index (κ2) is 7.31. The molecule has 0 atom stereocenters. The van der Waals surface area contributed by atoms with Crippen molar-refractivity contribution < 1.29 is 19.0 Å². The first-order valence-electron chi connectivity index (χ1n) is 8.04. The number of nitrogens with one attached hydrogen (secondary N) is 1. The van der Waals surface area contributed by atoms with Crippen LogP contribution >= 0.6 is 0 Å². The molecular weight excluding hydrogens is 332 g/mol. The first-order valence-corrected chi connectivity index (χ1v) is 8.04. The number of hydrogen-bond acceptors (Lipinski definition) is 5. The maximum Gasteiger partial charge on any atom is 0.275 e. The van der Waals surface area contributed by atoms with Crippen molar-refractivity contribution in [2.45, 2.75) is 6.92 Å². The van der Waals surface area contributed by atoms with Crippen molar-refractivity contribution in [3.8, 4) is 17.2 Å². The van der Waals surface area contributed by atoms with E-state index in [1.165, 1.54) is 0 Å². The number of amidine groups is 1. The van der Waals surface area contributed by atoms with Crippen LogP contribution in [-0.4, -0.2) is 33.1 Å². The molecule has 6 nitrogen and oxygen atoms in total. The fraction of sp³-hybridized carbons (Fsp3) is 0.200. The second-order valence-electron chi connectivity index (χ2n) is 5.76. The highest BCUT2D eigenvalue weighted by atomic mass is 16.5. The number of ether oxygens (including phenoxy) is 3. The molecule has 0 saturated carbocycles. The molecule has 2 aromatic carbocycles. The Morgan fingerprint density at radius 1 is 0.923 bits per heavy atom. The Kier molecular flexibility index (Phi) is 4.93. The number of aryl methyl sites for hydroxylation is 1. The van der Waals surface area contributed by atoms with Crippen molar-refractivity contribution in [2.24, 2.45) is 4.99 Å². The van der Waals surface area contributed by atoms with Gasteiger partial charge >= 0.3 is 0 Å². The maximum absolute atomic E-state index is 12.3. The normalized spacial score (nSPS) is 14.8. The number of carbonyl (C=O) groups is 1. The zero-order valence-corrected chi connectivity index (χ0v) is 15.1. The van der Waals surface area contributed by atoms with Gasteiger partial charge in [-0.05, 0) is 43.3 Å². The van der Waals surface area contributed by atoms with Crippen LogP contribution in [-0.2, 0) is 4.79 Å². The SMILES string of the molecule is COc1ccc(C)cc1/C=C1/N=C(c2ccc(OC)c(OC)c2)NC1=O. The van der Waals surface area contributed by atoms with E-state index in [1.54, 1.807) is 39.5 Å². The molecule has 0 bridgehead atoms. The molecule has 0 aliphatic carbocycles. The third-order valence-electron chi connectivity index (χ3n) is 4.03. The molecule has 1 N–H and O–H groups in total. The molecule has 3 rings (SSSR count). The average Bonchev–Trinajstić information content (AvgIpc) is 3.02. The van der Waals surface area contributed by atoms with Crippen LogP contribution in [0.3, 0.4) is 0 Å². The molecule has 1 heterocycles. The molecule has 2 aromatic rings. The standard InChI is InChI=1S/C20H20N2O4/c1-12-5-7-16(24-2)14(9-12)10-15-20(23)22-19(21-15)13-6-8-17(25-3)18(11-13)26-4/h5-11H,1-4H3,(H,21,22,23)/b15-10+. The minimum atomic E-state index is -0.265. The molecule has 0 fully saturated rings. The summed E-state index contributed by atoms with van der Waals surface area (Å²) in [7, 11) is 4.73. The summed E-state index contributed by atoms with van der Waals surface area (Å²) in [6.45, 7) is 1.98. The summed E-state index contributed by atoms with van der Waals surface area (Å²) in [6.07, 6.45) is 1.72. The van der Waals surface area contributed by atoms with Crippen LogP contribution in [0.4, 0.5) is 0 Å². The summed E-state index contributed by atoms with van der Waals surface area (Å²) < 4.78 is 15.9. The average molecular weight is 352 g/mol. The molecule has 1 aliphatic heterocycles. The van der Waals surface area contributed by atoms with E-state index in [0.717, 1.165) is 16.7 Å². The molecule has 0 unspecified atom stereocenters. The lowest BCUT2D eigenvalue weighted by Crippen LogP contribution is -2.24. The van der Waals surface area contributed by atoms with Crippen LogP contribution in [0, 0.1) is 6.92 Å². The van der Waals surface area contributed by atoms with Crippen molar-refractivity contribution in [2.75, 3.05) is 21.3 Å². The number of nitrogens with zero attached hydrogens (tertiary/aromatic N) is 1. The molecule has 0 radical (unpaired) electrons. The van der Waals surface area contributed by atoms with Gasteiger partial charge in [0.1, 0.15) is 17.3 Å². The lowest BCUT2D eigenvalue weighted by Gasteiger charge is -2.09. The Morgan fingerprint density at radius 3 is 2.31 bits per heavy atom. The smallest absolute Gasteiger partial charge is 0.275 e. The van der Waals surface area contributed by atoms with E-state index < -0.39 is 0 Å². The van der Waals surface area contributed by atoms with Gasteiger partial charge in [0.05, 0.1) is 21.3 Å². The van der Waals surface area contributed by atoms with Gasteiger partial charge in [0, 0.05) is 11.1 Å². The number of hydrogen-bond donors (Lipinski definition) is 1. The van der Waals surface area contributed by atoms with Gasteiger partial charge in [0.25, 0.3) is 5.91 Å². The quantitative estimate of drug-likeness (QED) is 0.840. The van der Waals surface area contributed by atoms with Crippen molar-refractivity contribution in [3.05, 3.63) is 58.8 Å². The Morgan fingerprint density at radius 2 is 1.62 bits per heavy atom. The Bertz CT molecular complexity index is 916. The highest BCUT2D eigenvalue weighted by Gasteiger charge is 2.22. The zero-order chi connectivity index (χ0) is 18.7. The largest absolute Gasteiger partial charge is 0.496 e. The molecule has 1 amide bonds. The highest BCUT2D eigenvalue weighted by Crippen LogP contribution is 2.29. The molecule has 1 aliphatic rings. The Balaban J connectivity index is 1.98. The van der Waals surface area contributed by atoms with Gasteiger partial charge in [0.15, 0.2) is 11.5 Å². The molecule has 26 heavy (non-hydrogen) atoms. The van der Waals surface area contributed by atoms with Crippen LogP contribution in [0.15, 0.2) is 47.1 Å². The molecule has 0 aromatic heterocycles. The zero-order valence-electron chi connectivity index (χ0n) is 15.1. The minimum absolute atomic E-state index is 0.265. The molecule has 0 spiro atoms. The third kappa shape index (κ3) is 3.39. The van der Waals surface area contributed by atoms with Crippen molar-refractivity contribution in [1.29, 1.82) is 0 Å². The van der Waals surface area contributed by atoms with E-state index >= 15 is 0 Å². The van der Waals surface area contributed by atoms with Gasteiger partial charge < -0.3 is 19.5 Å². The predicted octanol–water partition coefficient (Wildman–Crippen LogP) is 2.94. The number of amides is 1. The Labute approximate surface area is 152 Å². The minimum Gasteiger partial charge on any atom is -0.496 e. The third-order valence-corrected chi connectivity index (χ3v) is 4.03. The van der Waals surface area contributed by atoms with Crippen LogP contribution in [0.25, 0.3) is 6.08 Å². The summed E-state index contributed by atoms with van der Waals surface area (Å²) in [4.78, 5) is 16.8.